The third-order valence-electron chi connectivity index (χ3n) is 2.89. The van der Waals surface area contributed by atoms with E-state index in [2.05, 4.69) is 27.7 Å². The van der Waals surface area contributed by atoms with E-state index in [1.165, 1.54) is 6.07 Å². The maximum atomic E-state index is 13.4. The molecule has 0 amide bonds. The van der Waals surface area contributed by atoms with Crippen molar-refractivity contribution >= 4 is 11.6 Å². The van der Waals surface area contributed by atoms with Crippen LogP contribution in [0.4, 0.5) is 4.39 Å². The summed E-state index contributed by atoms with van der Waals surface area (Å²) in [5, 5.41) is 14.0. The zero-order chi connectivity index (χ0) is 13.7. The summed E-state index contributed by atoms with van der Waals surface area (Å²) in [5.74, 6) is -0.395. The van der Waals surface area contributed by atoms with Crippen molar-refractivity contribution in [1.29, 1.82) is 0 Å². The van der Waals surface area contributed by atoms with Crippen LogP contribution in [-0.4, -0.2) is 22.0 Å². The average Bonchev–Trinajstić information content (AvgIpc) is 2.93. The average molecular weight is 283 g/mol. The normalized spacial score (nSPS) is 12.6. The molecule has 0 bridgehead atoms. The Balaban J connectivity index is 2.18. The third-order valence-corrected chi connectivity index (χ3v) is 3.31. The molecule has 2 aromatic rings. The number of nitrogens with zero attached hydrogens (tertiary/aromatic N) is 2. The Bertz CT molecular complexity index is 515. The lowest BCUT2D eigenvalue weighted by Gasteiger charge is -2.16. The predicted octanol–water partition coefficient (Wildman–Crippen LogP) is 2.88. The van der Waals surface area contributed by atoms with E-state index in [1.54, 1.807) is 12.3 Å². The van der Waals surface area contributed by atoms with Crippen molar-refractivity contribution < 1.29 is 4.39 Å². The van der Waals surface area contributed by atoms with E-state index in [4.69, 9.17) is 11.6 Å². The van der Waals surface area contributed by atoms with E-state index in [0.29, 0.717) is 6.42 Å². The maximum absolute atomic E-state index is 13.4. The Labute approximate surface area is 116 Å². The number of nitrogens with one attached hydrogen (secondary N) is 2. The van der Waals surface area contributed by atoms with Gasteiger partial charge in [0.25, 0.3) is 0 Å². The number of aromatic nitrogens is 3. The Hall–Kier alpha value is -1.46. The molecule has 1 atom stereocenters. The zero-order valence-electron chi connectivity index (χ0n) is 10.7. The van der Waals surface area contributed by atoms with Crippen molar-refractivity contribution in [2.45, 2.75) is 25.8 Å². The first-order valence-electron chi connectivity index (χ1n) is 6.24. The zero-order valence-corrected chi connectivity index (χ0v) is 11.4. The molecule has 6 heteroatoms. The van der Waals surface area contributed by atoms with Gasteiger partial charge >= 0.3 is 0 Å². The van der Waals surface area contributed by atoms with Gasteiger partial charge in [-0.15, -0.1) is 0 Å². The van der Waals surface area contributed by atoms with Gasteiger partial charge in [0, 0.05) is 0 Å². The molecule has 0 aliphatic heterocycles. The molecule has 0 fully saturated rings. The number of halogens is 2. The fraction of sp³-hybridized carbons (Fsp3) is 0.385. The number of aromatic amines is 1. The van der Waals surface area contributed by atoms with Gasteiger partial charge in [0.1, 0.15) is 5.82 Å². The molecule has 0 aliphatic carbocycles. The summed E-state index contributed by atoms with van der Waals surface area (Å²) < 4.78 is 13.4. The molecule has 0 radical (unpaired) electrons. The Morgan fingerprint density at radius 2 is 2.32 bits per heavy atom. The molecule has 1 aromatic carbocycles. The lowest BCUT2D eigenvalue weighted by atomic mass is 10.0. The van der Waals surface area contributed by atoms with Gasteiger partial charge in [-0.2, -0.15) is 15.4 Å². The van der Waals surface area contributed by atoms with Gasteiger partial charge in [-0.1, -0.05) is 30.7 Å². The van der Waals surface area contributed by atoms with E-state index in [-0.39, 0.29) is 11.1 Å². The molecular weight excluding hydrogens is 267 g/mol. The van der Waals surface area contributed by atoms with E-state index in [1.807, 2.05) is 6.07 Å². The van der Waals surface area contributed by atoms with Gasteiger partial charge in [0.2, 0.25) is 0 Å². The van der Waals surface area contributed by atoms with E-state index in [0.717, 1.165) is 24.2 Å². The van der Waals surface area contributed by atoms with Crippen LogP contribution in [-0.2, 0) is 6.42 Å². The summed E-state index contributed by atoms with van der Waals surface area (Å²) in [5.41, 5.74) is 1.56. The lowest BCUT2D eigenvalue weighted by molar-refractivity contribution is 0.515. The van der Waals surface area contributed by atoms with Crippen LogP contribution in [0.5, 0.6) is 0 Å². The van der Waals surface area contributed by atoms with Crippen LogP contribution in [0.25, 0.3) is 0 Å². The minimum absolute atomic E-state index is 0.0296. The van der Waals surface area contributed by atoms with Crippen LogP contribution in [0.2, 0.25) is 5.02 Å². The van der Waals surface area contributed by atoms with Crippen molar-refractivity contribution in [3.63, 3.8) is 0 Å². The summed E-state index contributed by atoms with van der Waals surface area (Å²) in [7, 11) is 0. The van der Waals surface area contributed by atoms with Crippen LogP contribution < -0.4 is 5.32 Å². The van der Waals surface area contributed by atoms with Crippen molar-refractivity contribution in [2.75, 3.05) is 6.54 Å². The van der Waals surface area contributed by atoms with Crippen LogP contribution >= 0.6 is 11.6 Å². The van der Waals surface area contributed by atoms with Crippen molar-refractivity contribution in [2.24, 2.45) is 0 Å². The molecule has 0 aliphatic rings. The van der Waals surface area contributed by atoms with Crippen LogP contribution in [0, 0.1) is 5.82 Å². The lowest BCUT2D eigenvalue weighted by Crippen LogP contribution is -2.24. The molecule has 2 rings (SSSR count). The second kappa shape index (κ2) is 6.63. The first-order valence-corrected chi connectivity index (χ1v) is 6.62. The number of hydrogen-bond acceptors (Lipinski definition) is 3. The highest BCUT2D eigenvalue weighted by molar-refractivity contribution is 6.31. The molecule has 2 N–H and O–H groups in total. The molecule has 102 valence electrons. The largest absolute Gasteiger partial charge is 0.308 e. The summed E-state index contributed by atoms with van der Waals surface area (Å²) in [6.45, 7) is 2.94. The molecule has 0 spiro atoms. The maximum Gasteiger partial charge on any atom is 0.142 e. The SMILES string of the molecule is CCCNC(Cc1cccc(F)c1Cl)c1cn[nH]n1. The van der Waals surface area contributed by atoms with Gasteiger partial charge in [0.05, 0.1) is 23.0 Å². The monoisotopic (exact) mass is 282 g/mol. The third kappa shape index (κ3) is 3.52. The number of rotatable bonds is 6. The molecular formula is C13H16ClFN4. The molecule has 0 saturated heterocycles. The Morgan fingerprint density at radius 3 is 3.00 bits per heavy atom. The summed E-state index contributed by atoms with van der Waals surface area (Å²) in [4.78, 5) is 0. The van der Waals surface area contributed by atoms with Gasteiger partial charge in [-0.3, -0.25) is 0 Å². The Morgan fingerprint density at radius 1 is 1.47 bits per heavy atom. The van der Waals surface area contributed by atoms with E-state index < -0.39 is 5.82 Å². The minimum atomic E-state index is -0.395. The van der Waals surface area contributed by atoms with Gasteiger partial charge in [-0.25, -0.2) is 4.39 Å². The number of hydrogen-bond donors (Lipinski definition) is 2. The highest BCUT2D eigenvalue weighted by Crippen LogP contribution is 2.24. The predicted molar refractivity (Wildman–Crippen MR) is 72.5 cm³/mol. The van der Waals surface area contributed by atoms with Crippen LogP contribution in [0.1, 0.15) is 30.6 Å². The van der Waals surface area contributed by atoms with Crippen molar-refractivity contribution in [3.8, 4) is 0 Å². The molecule has 1 unspecified atom stereocenters. The van der Waals surface area contributed by atoms with Gasteiger partial charge in [-0.05, 0) is 31.0 Å². The second-order valence-electron chi connectivity index (χ2n) is 4.32. The van der Waals surface area contributed by atoms with Crippen LogP contribution in [0.3, 0.4) is 0 Å². The Kier molecular flexibility index (Phi) is 4.87. The molecule has 1 heterocycles. The smallest absolute Gasteiger partial charge is 0.142 e. The molecule has 1 aromatic heterocycles. The summed E-state index contributed by atoms with van der Waals surface area (Å²) >= 11 is 5.99. The van der Waals surface area contributed by atoms with Crippen molar-refractivity contribution in [3.05, 3.63) is 46.5 Å². The van der Waals surface area contributed by atoms with E-state index >= 15 is 0 Å². The van der Waals surface area contributed by atoms with Gasteiger partial charge in [0.15, 0.2) is 0 Å². The minimum Gasteiger partial charge on any atom is -0.308 e. The fourth-order valence-electron chi connectivity index (χ4n) is 1.90. The second-order valence-corrected chi connectivity index (χ2v) is 4.70. The number of H-pyrrole nitrogens is 1. The van der Waals surface area contributed by atoms with E-state index in [9.17, 15) is 4.39 Å². The number of benzene rings is 1. The van der Waals surface area contributed by atoms with Crippen molar-refractivity contribution in [1.82, 2.24) is 20.7 Å². The van der Waals surface area contributed by atoms with Gasteiger partial charge < -0.3 is 5.32 Å². The quantitative estimate of drug-likeness (QED) is 0.856. The fourth-order valence-corrected chi connectivity index (χ4v) is 2.11. The highest BCUT2D eigenvalue weighted by atomic mass is 35.5. The topological polar surface area (TPSA) is 53.6 Å². The van der Waals surface area contributed by atoms with Crippen LogP contribution in [0.15, 0.2) is 24.4 Å². The molecule has 0 saturated carbocycles. The first kappa shape index (κ1) is 14.0. The highest BCUT2D eigenvalue weighted by Gasteiger charge is 2.16. The summed E-state index contributed by atoms with van der Waals surface area (Å²) in [6.07, 6.45) is 3.24. The summed E-state index contributed by atoms with van der Waals surface area (Å²) in [6, 6.07) is 4.82. The molecule has 4 nitrogen and oxygen atoms in total. The first-order chi connectivity index (χ1) is 9.22. The molecule has 19 heavy (non-hydrogen) atoms. The standard InChI is InChI=1S/C13H16ClFN4/c1-2-6-16-11(12-8-17-19-18-12)7-9-4-3-5-10(15)13(9)14/h3-5,8,11,16H,2,6-7H2,1H3,(H,17,18,19).